The lowest BCUT2D eigenvalue weighted by atomic mass is 9.81. The van der Waals surface area contributed by atoms with Crippen LogP contribution in [0.4, 0.5) is 0 Å². The molecule has 0 bridgehead atoms. The summed E-state index contributed by atoms with van der Waals surface area (Å²) in [6.45, 7) is 6.08. The average Bonchev–Trinajstić information content (AvgIpc) is 2.79. The normalized spacial score (nSPS) is 17.0. The van der Waals surface area contributed by atoms with E-state index in [1.807, 2.05) is 30.3 Å². The fourth-order valence-electron chi connectivity index (χ4n) is 4.59. The van der Waals surface area contributed by atoms with Crippen molar-refractivity contribution in [2.75, 3.05) is 26.2 Å². The minimum Gasteiger partial charge on any atom is -0.508 e. The zero-order valence-electron chi connectivity index (χ0n) is 17.8. The zero-order chi connectivity index (χ0) is 20.9. The van der Waals surface area contributed by atoms with Crippen molar-refractivity contribution in [1.29, 1.82) is 0 Å². The molecule has 0 aromatic heterocycles. The maximum Gasteiger partial charge on any atom is 0.193 e. The van der Waals surface area contributed by atoms with Crippen molar-refractivity contribution >= 4 is 11.4 Å². The van der Waals surface area contributed by atoms with Crippen LogP contribution < -0.4 is 4.74 Å². The quantitative estimate of drug-likeness (QED) is 0.639. The van der Waals surface area contributed by atoms with Gasteiger partial charge in [0.2, 0.25) is 0 Å². The van der Waals surface area contributed by atoms with Crippen molar-refractivity contribution in [1.82, 2.24) is 4.90 Å². The van der Waals surface area contributed by atoms with Gasteiger partial charge in [0.05, 0.1) is 0 Å². The molecule has 4 nitrogen and oxygen atoms in total. The van der Waals surface area contributed by atoms with E-state index in [0.717, 1.165) is 48.3 Å². The first kappa shape index (κ1) is 20.7. The molecule has 1 N–H and O–H groups in total. The molecule has 1 aliphatic carbocycles. The van der Waals surface area contributed by atoms with E-state index in [-0.39, 0.29) is 11.5 Å². The van der Waals surface area contributed by atoms with E-state index in [1.54, 1.807) is 12.1 Å². The molecule has 4 heteroatoms. The van der Waals surface area contributed by atoms with E-state index in [2.05, 4.69) is 11.8 Å². The Kier molecular flexibility index (Phi) is 6.53. The van der Waals surface area contributed by atoms with Crippen LogP contribution in [0.25, 0.3) is 5.57 Å². The molecule has 4 rings (SSSR count). The Labute approximate surface area is 179 Å². The average molecular weight is 406 g/mol. The van der Waals surface area contributed by atoms with Gasteiger partial charge in [-0.1, -0.05) is 25.0 Å². The van der Waals surface area contributed by atoms with Gasteiger partial charge >= 0.3 is 0 Å². The summed E-state index contributed by atoms with van der Waals surface area (Å²) < 4.78 is 5.91. The molecular formula is C26H31NO3. The van der Waals surface area contributed by atoms with Gasteiger partial charge in [-0.15, -0.1) is 0 Å². The molecule has 0 amide bonds. The van der Waals surface area contributed by atoms with Gasteiger partial charge in [0.1, 0.15) is 18.1 Å². The minimum absolute atomic E-state index is 0.0540. The number of benzene rings is 2. The van der Waals surface area contributed by atoms with Crippen LogP contribution in [0.2, 0.25) is 0 Å². The molecule has 158 valence electrons. The third-order valence-corrected chi connectivity index (χ3v) is 6.30. The number of hydrogen-bond acceptors (Lipinski definition) is 4. The second-order valence-electron chi connectivity index (χ2n) is 8.28. The number of Topliss-reactive ketones (excluding diaryl/α,β-unsaturated/α-hetero) is 1. The lowest BCUT2D eigenvalue weighted by Crippen LogP contribution is -2.33. The van der Waals surface area contributed by atoms with Crippen LogP contribution >= 0.6 is 0 Å². The number of phenolic OH excluding ortho intramolecular Hbond substituents is 1. The molecule has 2 aromatic carbocycles. The highest BCUT2D eigenvalue weighted by molar-refractivity contribution is 6.30. The number of aromatic hydroxyl groups is 1. The van der Waals surface area contributed by atoms with E-state index in [1.165, 1.54) is 37.9 Å². The second-order valence-corrected chi connectivity index (χ2v) is 8.28. The summed E-state index contributed by atoms with van der Waals surface area (Å²) >= 11 is 0. The molecule has 2 aliphatic rings. The summed E-state index contributed by atoms with van der Waals surface area (Å²) in [5.41, 5.74) is 4.69. The van der Waals surface area contributed by atoms with Crippen LogP contribution in [0.5, 0.6) is 11.5 Å². The van der Waals surface area contributed by atoms with E-state index >= 15 is 0 Å². The van der Waals surface area contributed by atoms with E-state index < -0.39 is 0 Å². The maximum absolute atomic E-state index is 13.4. The first-order valence-electron chi connectivity index (χ1n) is 11.2. The minimum atomic E-state index is 0.0540. The number of phenols is 1. The highest BCUT2D eigenvalue weighted by Gasteiger charge is 2.24. The summed E-state index contributed by atoms with van der Waals surface area (Å²) in [6.07, 6.45) is 6.51. The Bertz CT molecular complexity index is 924. The van der Waals surface area contributed by atoms with Crippen molar-refractivity contribution in [3.63, 3.8) is 0 Å². The summed E-state index contributed by atoms with van der Waals surface area (Å²) in [7, 11) is 0. The van der Waals surface area contributed by atoms with E-state index in [0.29, 0.717) is 12.2 Å². The lowest BCUT2D eigenvalue weighted by Gasteiger charge is -2.26. The van der Waals surface area contributed by atoms with Crippen LogP contribution in [-0.4, -0.2) is 42.0 Å². The third kappa shape index (κ3) is 4.59. The Morgan fingerprint density at radius 3 is 2.53 bits per heavy atom. The summed E-state index contributed by atoms with van der Waals surface area (Å²) in [5, 5.41) is 9.82. The number of aryl methyl sites for hydroxylation is 1. The number of piperidine rings is 1. The topological polar surface area (TPSA) is 49.8 Å². The fraction of sp³-hybridized carbons (Fsp3) is 0.423. The molecule has 0 spiro atoms. The number of carbonyl (C=O) groups is 1. The van der Waals surface area contributed by atoms with Crippen molar-refractivity contribution in [2.45, 2.75) is 45.4 Å². The Morgan fingerprint density at radius 2 is 1.80 bits per heavy atom. The van der Waals surface area contributed by atoms with Crippen molar-refractivity contribution in [3.8, 4) is 11.5 Å². The number of ketones is 1. The number of rotatable bonds is 7. The monoisotopic (exact) mass is 405 g/mol. The smallest absolute Gasteiger partial charge is 0.193 e. The predicted octanol–water partition coefficient (Wildman–Crippen LogP) is 5.25. The number of carbonyl (C=O) groups excluding carboxylic acids is 1. The summed E-state index contributed by atoms with van der Waals surface area (Å²) in [6, 6.07) is 12.9. The van der Waals surface area contributed by atoms with Crippen LogP contribution in [0.3, 0.4) is 0 Å². The number of ether oxygens (including phenoxy) is 1. The van der Waals surface area contributed by atoms with Crippen LogP contribution in [0.15, 0.2) is 48.0 Å². The molecule has 30 heavy (non-hydrogen) atoms. The van der Waals surface area contributed by atoms with Crippen molar-refractivity contribution in [3.05, 3.63) is 64.7 Å². The molecule has 0 atom stereocenters. The van der Waals surface area contributed by atoms with Crippen molar-refractivity contribution in [2.24, 2.45) is 0 Å². The zero-order valence-corrected chi connectivity index (χ0v) is 17.8. The third-order valence-electron chi connectivity index (χ3n) is 6.30. The highest BCUT2D eigenvalue weighted by atomic mass is 16.5. The first-order chi connectivity index (χ1) is 14.7. The van der Waals surface area contributed by atoms with E-state index in [4.69, 9.17) is 4.74 Å². The van der Waals surface area contributed by atoms with Gasteiger partial charge in [0.25, 0.3) is 0 Å². The standard InChI is InChI=1S/C26H31NO3/c1-2-19-6-7-21-18-22(28)10-13-24(21)25(19)26(29)20-8-11-23(12-9-20)30-17-16-27-14-4-3-5-15-27/h8-13,18,28H,2-7,14-17H2,1H3. The predicted molar refractivity (Wildman–Crippen MR) is 120 cm³/mol. The first-order valence-corrected chi connectivity index (χ1v) is 11.2. The van der Waals surface area contributed by atoms with Gasteiger partial charge in [-0.05, 0) is 92.7 Å². The van der Waals surface area contributed by atoms with Crippen LogP contribution in [0, 0.1) is 0 Å². The molecular weight excluding hydrogens is 374 g/mol. The SMILES string of the molecule is CCC1=C(C(=O)c2ccc(OCCN3CCCCC3)cc2)c2ccc(O)cc2CC1. The van der Waals surface area contributed by atoms with Crippen LogP contribution in [-0.2, 0) is 6.42 Å². The molecule has 1 aliphatic heterocycles. The summed E-state index contributed by atoms with van der Waals surface area (Å²) in [4.78, 5) is 15.8. The number of fused-ring (bicyclic) bond motifs is 1. The molecule has 1 fully saturated rings. The van der Waals surface area contributed by atoms with Gasteiger partial charge in [0, 0.05) is 17.7 Å². The Balaban J connectivity index is 1.46. The molecule has 2 aromatic rings. The molecule has 0 unspecified atom stereocenters. The number of allylic oxidation sites excluding steroid dienone is 2. The largest absolute Gasteiger partial charge is 0.508 e. The van der Waals surface area contributed by atoms with E-state index in [9.17, 15) is 9.90 Å². The molecule has 0 radical (unpaired) electrons. The number of nitrogens with zero attached hydrogens (tertiary/aromatic N) is 1. The maximum atomic E-state index is 13.4. The van der Waals surface area contributed by atoms with Gasteiger partial charge < -0.3 is 9.84 Å². The van der Waals surface area contributed by atoms with Gasteiger partial charge in [0.15, 0.2) is 5.78 Å². The Hall–Kier alpha value is -2.59. The van der Waals surface area contributed by atoms with Crippen molar-refractivity contribution < 1.29 is 14.6 Å². The molecule has 1 saturated heterocycles. The molecule has 1 heterocycles. The lowest BCUT2D eigenvalue weighted by molar-refractivity contribution is 0.105. The van der Waals surface area contributed by atoms with Crippen LogP contribution in [0.1, 0.15) is 60.5 Å². The summed E-state index contributed by atoms with van der Waals surface area (Å²) in [5.74, 6) is 1.12. The second kappa shape index (κ2) is 9.48. The molecule has 0 saturated carbocycles. The van der Waals surface area contributed by atoms with Gasteiger partial charge in [-0.3, -0.25) is 9.69 Å². The number of likely N-dealkylation sites (tertiary alicyclic amines) is 1. The fourth-order valence-corrected chi connectivity index (χ4v) is 4.59. The van der Waals surface area contributed by atoms with Gasteiger partial charge in [-0.2, -0.15) is 0 Å². The van der Waals surface area contributed by atoms with Gasteiger partial charge in [-0.25, -0.2) is 0 Å². The Morgan fingerprint density at radius 1 is 1.03 bits per heavy atom. The number of hydrogen-bond donors (Lipinski definition) is 1. The highest BCUT2D eigenvalue weighted by Crippen LogP contribution is 2.36.